The number of rotatable bonds is 2. The number of imidazole rings is 1. The van der Waals surface area contributed by atoms with Gasteiger partial charge in [0.1, 0.15) is 5.82 Å². The van der Waals surface area contributed by atoms with Crippen molar-refractivity contribution in [2.45, 2.75) is 25.8 Å². The van der Waals surface area contributed by atoms with E-state index in [0.29, 0.717) is 5.78 Å². The molecule has 1 saturated heterocycles. The summed E-state index contributed by atoms with van der Waals surface area (Å²) in [5.41, 5.74) is 2.71. The Hall–Kier alpha value is -2.76. The highest BCUT2D eigenvalue weighted by Gasteiger charge is 2.30. The number of amides is 1. The Morgan fingerprint density at radius 1 is 1.21 bits per heavy atom. The zero-order valence-electron chi connectivity index (χ0n) is 13.3. The molecule has 1 aliphatic heterocycles. The summed E-state index contributed by atoms with van der Waals surface area (Å²) in [7, 11) is 0. The Morgan fingerprint density at radius 2 is 2.00 bits per heavy atom. The first-order valence-corrected chi connectivity index (χ1v) is 8.00. The summed E-state index contributed by atoms with van der Waals surface area (Å²) in [6.07, 6.45) is 5.36. The first-order valence-electron chi connectivity index (χ1n) is 8.00. The molecule has 0 unspecified atom stereocenters. The van der Waals surface area contributed by atoms with Crippen molar-refractivity contribution in [3.8, 4) is 11.3 Å². The van der Waals surface area contributed by atoms with Crippen LogP contribution in [0, 0.1) is 5.82 Å². The van der Waals surface area contributed by atoms with Crippen LogP contribution >= 0.6 is 0 Å². The van der Waals surface area contributed by atoms with Crippen LogP contribution in [0.1, 0.15) is 31.5 Å². The Balaban J connectivity index is 1.89. The van der Waals surface area contributed by atoms with Crippen LogP contribution in [-0.4, -0.2) is 31.7 Å². The predicted octanol–water partition coefficient (Wildman–Crippen LogP) is 3.22. The van der Waals surface area contributed by atoms with Crippen molar-refractivity contribution in [2.24, 2.45) is 0 Å². The van der Waals surface area contributed by atoms with Gasteiger partial charge in [-0.05, 0) is 43.2 Å². The van der Waals surface area contributed by atoms with Gasteiger partial charge in [-0.2, -0.15) is 0 Å². The number of hydrogen-bond donors (Lipinski definition) is 0. The molecule has 0 saturated carbocycles. The van der Waals surface area contributed by atoms with Gasteiger partial charge in [0.15, 0.2) is 0 Å². The maximum absolute atomic E-state index is 13.2. The minimum absolute atomic E-state index is 0.0152. The SMILES string of the molecule is CC(=O)N1CCC[C@H]1c1ccnc2ncc(-c3ccc(F)cc3)n12. The average Bonchev–Trinajstić information content (AvgIpc) is 3.22. The molecule has 0 radical (unpaired) electrons. The van der Waals surface area contributed by atoms with E-state index in [1.54, 1.807) is 31.5 Å². The summed E-state index contributed by atoms with van der Waals surface area (Å²) in [4.78, 5) is 22.5. The van der Waals surface area contributed by atoms with E-state index in [1.165, 1.54) is 12.1 Å². The molecule has 0 aliphatic carbocycles. The van der Waals surface area contributed by atoms with Gasteiger partial charge in [-0.15, -0.1) is 0 Å². The van der Waals surface area contributed by atoms with Gasteiger partial charge in [-0.1, -0.05) is 0 Å². The second-order valence-electron chi connectivity index (χ2n) is 6.03. The lowest BCUT2D eigenvalue weighted by molar-refractivity contribution is -0.129. The van der Waals surface area contributed by atoms with Crippen molar-refractivity contribution in [2.75, 3.05) is 6.54 Å². The van der Waals surface area contributed by atoms with E-state index in [9.17, 15) is 9.18 Å². The monoisotopic (exact) mass is 324 g/mol. The van der Waals surface area contributed by atoms with Crippen molar-refractivity contribution in [1.82, 2.24) is 19.3 Å². The fourth-order valence-corrected chi connectivity index (χ4v) is 3.48. The molecule has 1 aromatic carbocycles. The maximum atomic E-state index is 13.2. The number of carbonyl (C=O) groups is 1. The Bertz CT molecular complexity index is 903. The summed E-state index contributed by atoms with van der Waals surface area (Å²) in [6, 6.07) is 8.28. The molecule has 0 N–H and O–H groups in total. The van der Waals surface area contributed by atoms with Crippen LogP contribution in [0.4, 0.5) is 4.39 Å². The molecule has 1 atom stereocenters. The van der Waals surface area contributed by atoms with Crippen LogP contribution in [0.25, 0.3) is 17.0 Å². The van der Waals surface area contributed by atoms with Gasteiger partial charge in [0.05, 0.1) is 23.6 Å². The number of likely N-dealkylation sites (tertiary alicyclic amines) is 1. The third kappa shape index (κ3) is 2.35. The van der Waals surface area contributed by atoms with E-state index >= 15 is 0 Å². The third-order valence-corrected chi connectivity index (χ3v) is 4.58. The van der Waals surface area contributed by atoms with Crippen molar-refractivity contribution in [3.05, 3.63) is 54.2 Å². The van der Waals surface area contributed by atoms with Gasteiger partial charge in [-0.25, -0.2) is 14.4 Å². The highest BCUT2D eigenvalue weighted by atomic mass is 19.1. The highest BCUT2D eigenvalue weighted by Crippen LogP contribution is 2.34. The fourth-order valence-electron chi connectivity index (χ4n) is 3.48. The van der Waals surface area contributed by atoms with E-state index in [4.69, 9.17) is 0 Å². The Morgan fingerprint density at radius 3 is 2.75 bits per heavy atom. The molecule has 0 spiro atoms. The summed E-state index contributed by atoms with van der Waals surface area (Å²) in [5, 5.41) is 0. The van der Waals surface area contributed by atoms with Gasteiger partial charge in [0.25, 0.3) is 0 Å². The van der Waals surface area contributed by atoms with Crippen molar-refractivity contribution in [3.63, 3.8) is 0 Å². The topological polar surface area (TPSA) is 50.5 Å². The zero-order chi connectivity index (χ0) is 16.7. The van der Waals surface area contributed by atoms with E-state index in [-0.39, 0.29) is 17.8 Å². The van der Waals surface area contributed by atoms with Gasteiger partial charge >= 0.3 is 0 Å². The molecule has 1 aliphatic rings. The smallest absolute Gasteiger partial charge is 0.234 e. The van der Waals surface area contributed by atoms with E-state index in [2.05, 4.69) is 9.97 Å². The Labute approximate surface area is 138 Å². The molecule has 3 heterocycles. The summed E-state index contributed by atoms with van der Waals surface area (Å²) >= 11 is 0. The number of nitrogens with zero attached hydrogens (tertiary/aromatic N) is 4. The summed E-state index contributed by atoms with van der Waals surface area (Å²) in [5.74, 6) is 0.387. The fraction of sp³-hybridized carbons (Fsp3) is 0.278. The lowest BCUT2D eigenvalue weighted by atomic mass is 10.1. The van der Waals surface area contributed by atoms with Gasteiger partial charge in [0, 0.05) is 25.2 Å². The van der Waals surface area contributed by atoms with Crippen molar-refractivity contribution in [1.29, 1.82) is 0 Å². The van der Waals surface area contributed by atoms with E-state index < -0.39 is 0 Å². The number of halogens is 1. The first-order chi connectivity index (χ1) is 11.6. The predicted molar refractivity (Wildman–Crippen MR) is 87.7 cm³/mol. The van der Waals surface area contributed by atoms with Gasteiger partial charge in [0.2, 0.25) is 11.7 Å². The standard InChI is InChI=1S/C18H17FN4O/c1-12(24)22-10-2-3-15(22)16-8-9-20-18-21-11-17(23(16)18)13-4-6-14(19)7-5-13/h4-9,11,15H,2-3,10H2,1H3/t15-/m0/s1. The van der Waals surface area contributed by atoms with Crippen LogP contribution in [0.2, 0.25) is 0 Å². The van der Waals surface area contributed by atoms with Crippen molar-refractivity contribution < 1.29 is 9.18 Å². The molecular weight excluding hydrogens is 307 g/mol. The molecule has 1 fully saturated rings. The quantitative estimate of drug-likeness (QED) is 0.727. The third-order valence-electron chi connectivity index (χ3n) is 4.58. The number of benzene rings is 1. The van der Waals surface area contributed by atoms with Crippen LogP contribution < -0.4 is 0 Å². The van der Waals surface area contributed by atoms with E-state index in [0.717, 1.165) is 36.3 Å². The molecule has 2 aromatic heterocycles. The number of carbonyl (C=O) groups excluding carboxylic acids is 1. The highest BCUT2D eigenvalue weighted by molar-refractivity contribution is 5.74. The molecular formula is C18H17FN4O. The van der Waals surface area contributed by atoms with Gasteiger partial charge < -0.3 is 4.90 Å². The van der Waals surface area contributed by atoms with Gasteiger partial charge in [-0.3, -0.25) is 9.20 Å². The molecule has 3 aromatic rings. The average molecular weight is 324 g/mol. The molecule has 6 heteroatoms. The summed E-state index contributed by atoms with van der Waals surface area (Å²) in [6.45, 7) is 2.37. The normalized spacial score (nSPS) is 17.6. The number of fused-ring (bicyclic) bond motifs is 1. The van der Waals surface area contributed by atoms with Crippen LogP contribution in [0.15, 0.2) is 42.7 Å². The summed E-state index contributed by atoms with van der Waals surface area (Å²) < 4.78 is 15.2. The minimum atomic E-state index is -0.274. The van der Waals surface area contributed by atoms with Crippen LogP contribution in [0.5, 0.6) is 0 Å². The molecule has 24 heavy (non-hydrogen) atoms. The van der Waals surface area contributed by atoms with Crippen LogP contribution in [0.3, 0.4) is 0 Å². The second kappa shape index (κ2) is 5.70. The largest absolute Gasteiger partial charge is 0.334 e. The number of hydrogen-bond acceptors (Lipinski definition) is 3. The number of aromatic nitrogens is 3. The maximum Gasteiger partial charge on any atom is 0.234 e. The molecule has 1 amide bonds. The van der Waals surface area contributed by atoms with E-state index in [1.807, 2.05) is 15.4 Å². The van der Waals surface area contributed by atoms with Crippen LogP contribution in [-0.2, 0) is 4.79 Å². The molecule has 0 bridgehead atoms. The van der Waals surface area contributed by atoms with Crippen molar-refractivity contribution >= 4 is 11.7 Å². The lowest BCUT2D eigenvalue weighted by Crippen LogP contribution is -2.29. The zero-order valence-corrected chi connectivity index (χ0v) is 13.3. The first kappa shape index (κ1) is 14.8. The second-order valence-corrected chi connectivity index (χ2v) is 6.03. The molecule has 122 valence electrons. The molecule has 4 rings (SSSR count). The Kier molecular flexibility index (Phi) is 3.52. The molecule has 5 nitrogen and oxygen atoms in total. The lowest BCUT2D eigenvalue weighted by Gasteiger charge is -2.24. The minimum Gasteiger partial charge on any atom is -0.334 e.